The summed E-state index contributed by atoms with van der Waals surface area (Å²) in [4.78, 5) is 12.2. The first-order chi connectivity index (χ1) is 11.6. The Balaban J connectivity index is 1.83. The lowest BCUT2D eigenvalue weighted by Gasteiger charge is -2.31. The number of sulfonamides is 1. The Morgan fingerprint density at radius 2 is 2.17 bits per heavy atom. The summed E-state index contributed by atoms with van der Waals surface area (Å²) in [7, 11) is -3.16. The monoisotopic (exact) mass is 344 g/mol. The smallest absolute Gasteiger partial charge is 0.213 e. The predicted molar refractivity (Wildman–Crippen MR) is 94.4 cm³/mol. The molecular weight excluding hydrogens is 324 g/mol. The summed E-state index contributed by atoms with van der Waals surface area (Å²) >= 11 is 0. The Labute approximate surface area is 141 Å². The fraction of sp³-hybridized carbons (Fsp3) is 0.412. The van der Waals surface area contributed by atoms with Gasteiger partial charge in [-0.1, -0.05) is 0 Å². The zero-order valence-electron chi connectivity index (χ0n) is 13.6. The predicted octanol–water partition coefficient (Wildman–Crippen LogP) is 2.64. The van der Waals surface area contributed by atoms with Gasteiger partial charge in [-0.2, -0.15) is 0 Å². The molecule has 4 heterocycles. The summed E-state index contributed by atoms with van der Waals surface area (Å²) in [6.45, 7) is 2.81. The summed E-state index contributed by atoms with van der Waals surface area (Å²) in [6.07, 6.45) is 7.32. The number of hydrogen-bond donors (Lipinski definition) is 1. The number of H-pyrrole nitrogens is 1. The summed E-state index contributed by atoms with van der Waals surface area (Å²) in [5.74, 6) is 0.255. The van der Waals surface area contributed by atoms with Crippen molar-refractivity contribution in [1.82, 2.24) is 19.3 Å². The van der Waals surface area contributed by atoms with Crippen molar-refractivity contribution in [3.8, 4) is 0 Å². The Kier molecular flexibility index (Phi) is 3.77. The highest BCUT2D eigenvalue weighted by molar-refractivity contribution is 7.89. The van der Waals surface area contributed by atoms with Gasteiger partial charge in [-0.15, -0.1) is 0 Å². The average molecular weight is 344 g/mol. The van der Waals surface area contributed by atoms with Crippen molar-refractivity contribution in [1.29, 1.82) is 0 Å². The van der Waals surface area contributed by atoms with E-state index in [9.17, 15) is 8.42 Å². The molecule has 1 atom stereocenters. The highest BCUT2D eigenvalue weighted by Gasteiger charge is 2.30. The van der Waals surface area contributed by atoms with Crippen LogP contribution in [0.15, 0.2) is 30.7 Å². The quantitative estimate of drug-likeness (QED) is 0.792. The number of piperidine rings is 1. The van der Waals surface area contributed by atoms with Crippen LogP contribution >= 0.6 is 0 Å². The van der Waals surface area contributed by atoms with Crippen LogP contribution in [0.25, 0.3) is 21.8 Å². The molecule has 1 unspecified atom stereocenters. The van der Waals surface area contributed by atoms with Gasteiger partial charge >= 0.3 is 0 Å². The van der Waals surface area contributed by atoms with Crippen molar-refractivity contribution >= 4 is 31.8 Å². The van der Waals surface area contributed by atoms with Crippen molar-refractivity contribution in [2.45, 2.75) is 25.7 Å². The van der Waals surface area contributed by atoms with Crippen LogP contribution in [0.1, 0.15) is 31.4 Å². The van der Waals surface area contributed by atoms with E-state index in [-0.39, 0.29) is 11.7 Å². The second-order valence-corrected chi connectivity index (χ2v) is 8.51. The molecule has 0 bridgehead atoms. The van der Waals surface area contributed by atoms with Crippen LogP contribution in [-0.4, -0.2) is 46.5 Å². The molecule has 4 rings (SSSR count). The van der Waals surface area contributed by atoms with Gasteiger partial charge in [0.2, 0.25) is 10.0 Å². The maximum Gasteiger partial charge on any atom is 0.213 e. The molecule has 6 nitrogen and oxygen atoms in total. The van der Waals surface area contributed by atoms with Crippen LogP contribution in [0.3, 0.4) is 0 Å². The first-order valence-corrected chi connectivity index (χ1v) is 9.89. The third kappa shape index (κ3) is 2.48. The molecule has 1 N–H and O–H groups in total. The molecular formula is C17H20N4O2S. The molecule has 7 heteroatoms. The Morgan fingerprint density at radius 1 is 1.29 bits per heavy atom. The molecule has 3 aromatic rings. The molecule has 0 amide bonds. The van der Waals surface area contributed by atoms with Gasteiger partial charge in [0, 0.05) is 53.8 Å². The summed E-state index contributed by atoms with van der Waals surface area (Å²) in [6, 6.07) is 3.99. The molecule has 1 saturated heterocycles. The topological polar surface area (TPSA) is 79.0 Å². The fourth-order valence-corrected chi connectivity index (χ4v) is 4.78. The molecule has 0 radical (unpaired) electrons. The molecule has 0 aliphatic carbocycles. The first kappa shape index (κ1) is 15.5. The van der Waals surface area contributed by atoms with Gasteiger partial charge in [-0.05, 0) is 31.9 Å². The molecule has 0 aromatic carbocycles. The maximum absolute atomic E-state index is 12.3. The zero-order chi connectivity index (χ0) is 16.7. The maximum atomic E-state index is 12.3. The number of fused-ring (bicyclic) bond motifs is 3. The van der Waals surface area contributed by atoms with E-state index in [0.717, 1.165) is 40.3 Å². The Morgan fingerprint density at radius 3 is 3.00 bits per heavy atom. The normalized spacial score (nSPS) is 20.0. The van der Waals surface area contributed by atoms with E-state index in [0.29, 0.717) is 13.1 Å². The second-order valence-electron chi connectivity index (χ2n) is 6.26. The van der Waals surface area contributed by atoms with Crippen LogP contribution in [0.2, 0.25) is 0 Å². The van der Waals surface area contributed by atoms with E-state index in [2.05, 4.69) is 9.97 Å². The number of nitrogens with zero attached hydrogens (tertiary/aromatic N) is 3. The molecule has 1 aliphatic rings. The number of aromatic amines is 1. The third-order valence-electron chi connectivity index (χ3n) is 4.87. The Bertz CT molecular complexity index is 996. The van der Waals surface area contributed by atoms with Gasteiger partial charge < -0.3 is 4.98 Å². The summed E-state index contributed by atoms with van der Waals surface area (Å²) in [5, 5.41) is 3.18. The van der Waals surface area contributed by atoms with Crippen LogP contribution in [-0.2, 0) is 10.0 Å². The number of rotatable bonds is 3. The molecule has 0 saturated carbocycles. The van der Waals surface area contributed by atoms with Gasteiger partial charge in [0.05, 0.1) is 11.4 Å². The SMILES string of the molecule is CCS(=O)(=O)N1CCCC(c2nc3[nH]ccc3c3cnccc23)C1. The van der Waals surface area contributed by atoms with E-state index in [1.165, 1.54) is 0 Å². The van der Waals surface area contributed by atoms with Gasteiger partial charge in [0.1, 0.15) is 5.65 Å². The number of nitrogens with one attached hydrogen (secondary N) is 1. The number of aromatic nitrogens is 3. The van der Waals surface area contributed by atoms with Crippen LogP contribution in [0.5, 0.6) is 0 Å². The lowest BCUT2D eigenvalue weighted by molar-refractivity contribution is 0.314. The standard InChI is InChI=1S/C17H20N4O2S/c1-2-24(22,23)21-9-3-4-12(11-21)16-13-5-7-18-10-15(13)14-6-8-19-17(14)20-16/h5-8,10,12H,2-4,9,11H2,1H3,(H,19,20). The highest BCUT2D eigenvalue weighted by atomic mass is 32.2. The van der Waals surface area contributed by atoms with Gasteiger partial charge in [0.15, 0.2) is 0 Å². The zero-order valence-corrected chi connectivity index (χ0v) is 14.4. The molecule has 0 spiro atoms. The lowest BCUT2D eigenvalue weighted by Crippen LogP contribution is -2.40. The average Bonchev–Trinajstić information content (AvgIpc) is 3.10. The van der Waals surface area contributed by atoms with Gasteiger partial charge in [-0.25, -0.2) is 17.7 Å². The molecule has 1 aliphatic heterocycles. The van der Waals surface area contributed by atoms with Crippen LogP contribution < -0.4 is 0 Å². The minimum Gasteiger partial charge on any atom is -0.346 e. The number of hydrogen-bond acceptors (Lipinski definition) is 4. The van der Waals surface area contributed by atoms with Crippen molar-refractivity contribution < 1.29 is 8.42 Å². The van der Waals surface area contributed by atoms with Gasteiger partial charge in [-0.3, -0.25) is 4.98 Å². The van der Waals surface area contributed by atoms with Crippen molar-refractivity contribution in [2.24, 2.45) is 0 Å². The second kappa shape index (κ2) is 5.82. The van der Waals surface area contributed by atoms with E-state index in [4.69, 9.17) is 4.98 Å². The molecule has 3 aromatic heterocycles. The fourth-order valence-electron chi connectivity index (χ4n) is 3.60. The van der Waals surface area contributed by atoms with Crippen molar-refractivity contribution in [3.05, 3.63) is 36.4 Å². The Hall–Kier alpha value is -1.99. The number of pyridine rings is 2. The summed E-state index contributed by atoms with van der Waals surface area (Å²) in [5.41, 5.74) is 1.80. The minimum atomic E-state index is -3.16. The van der Waals surface area contributed by atoms with Crippen LogP contribution in [0, 0.1) is 0 Å². The first-order valence-electron chi connectivity index (χ1n) is 8.28. The van der Waals surface area contributed by atoms with Crippen molar-refractivity contribution in [3.63, 3.8) is 0 Å². The van der Waals surface area contributed by atoms with E-state index < -0.39 is 10.0 Å². The third-order valence-corrected chi connectivity index (χ3v) is 6.72. The van der Waals surface area contributed by atoms with E-state index in [1.54, 1.807) is 17.4 Å². The molecule has 1 fully saturated rings. The largest absolute Gasteiger partial charge is 0.346 e. The lowest BCUT2D eigenvalue weighted by atomic mass is 9.92. The molecule has 24 heavy (non-hydrogen) atoms. The minimum absolute atomic E-state index is 0.109. The van der Waals surface area contributed by atoms with Crippen LogP contribution in [0.4, 0.5) is 0 Å². The molecule has 126 valence electrons. The van der Waals surface area contributed by atoms with Crippen molar-refractivity contribution in [2.75, 3.05) is 18.8 Å². The van der Waals surface area contributed by atoms with E-state index >= 15 is 0 Å². The summed E-state index contributed by atoms with van der Waals surface area (Å²) < 4.78 is 26.1. The van der Waals surface area contributed by atoms with Gasteiger partial charge in [0.25, 0.3) is 0 Å². The van der Waals surface area contributed by atoms with E-state index in [1.807, 2.05) is 24.5 Å². The highest BCUT2D eigenvalue weighted by Crippen LogP contribution is 2.34.